The van der Waals surface area contributed by atoms with Crippen molar-refractivity contribution in [2.45, 2.75) is 38.8 Å². The molecular formula is C15H23N3O. The van der Waals surface area contributed by atoms with Crippen LogP contribution in [-0.2, 0) is 13.0 Å². The second-order valence-corrected chi connectivity index (χ2v) is 5.37. The molecular weight excluding hydrogens is 238 g/mol. The van der Waals surface area contributed by atoms with E-state index in [4.69, 9.17) is 0 Å². The Morgan fingerprint density at radius 1 is 1.37 bits per heavy atom. The molecule has 1 atom stereocenters. The van der Waals surface area contributed by atoms with Crippen LogP contribution in [0.5, 0.6) is 0 Å². The van der Waals surface area contributed by atoms with E-state index in [2.05, 4.69) is 27.9 Å². The van der Waals surface area contributed by atoms with E-state index in [0.29, 0.717) is 13.0 Å². The Morgan fingerprint density at radius 3 is 2.79 bits per heavy atom. The molecule has 4 heteroatoms. The highest BCUT2D eigenvalue weighted by Crippen LogP contribution is 2.20. The molecule has 1 aromatic carbocycles. The van der Waals surface area contributed by atoms with E-state index in [1.54, 1.807) is 0 Å². The lowest BCUT2D eigenvalue weighted by Crippen LogP contribution is -2.39. The summed E-state index contributed by atoms with van der Waals surface area (Å²) in [6.07, 6.45) is 1.62. The zero-order valence-electron chi connectivity index (χ0n) is 12.0. The van der Waals surface area contributed by atoms with Crippen molar-refractivity contribution in [1.82, 2.24) is 14.9 Å². The summed E-state index contributed by atoms with van der Waals surface area (Å²) in [4.78, 5) is 4.67. The van der Waals surface area contributed by atoms with Gasteiger partial charge in [-0.25, -0.2) is 4.98 Å². The molecule has 104 valence electrons. The van der Waals surface area contributed by atoms with Gasteiger partial charge in [-0.05, 0) is 32.5 Å². The summed E-state index contributed by atoms with van der Waals surface area (Å²) in [5.41, 5.74) is 1.38. The fourth-order valence-electron chi connectivity index (χ4n) is 2.52. The molecule has 1 aromatic heterocycles. The molecule has 1 unspecified atom stereocenters. The number of fused-ring (bicyclic) bond motifs is 1. The first-order valence-corrected chi connectivity index (χ1v) is 6.88. The standard InChI is InChI=1S/C15H23N3O/c1-4-9-18-13-8-6-5-7-12(13)17-14(18)10-15(2,19)11-16-3/h5-8,16,19H,4,9-11H2,1-3H3. The Bertz CT molecular complexity index is 545. The van der Waals surface area contributed by atoms with Crippen molar-refractivity contribution in [2.24, 2.45) is 0 Å². The predicted octanol–water partition coefficient (Wildman–Crippen LogP) is 1.96. The van der Waals surface area contributed by atoms with Crippen molar-refractivity contribution in [3.63, 3.8) is 0 Å². The summed E-state index contributed by atoms with van der Waals surface area (Å²) in [5.74, 6) is 0.961. The smallest absolute Gasteiger partial charge is 0.112 e. The Labute approximate surface area is 114 Å². The number of imidazole rings is 1. The average molecular weight is 261 g/mol. The second-order valence-electron chi connectivity index (χ2n) is 5.37. The monoisotopic (exact) mass is 261 g/mol. The maximum atomic E-state index is 10.4. The first kappa shape index (κ1) is 14.0. The Hall–Kier alpha value is -1.39. The van der Waals surface area contributed by atoms with Crippen molar-refractivity contribution >= 4 is 11.0 Å². The van der Waals surface area contributed by atoms with E-state index < -0.39 is 5.60 Å². The first-order valence-electron chi connectivity index (χ1n) is 6.88. The van der Waals surface area contributed by atoms with Crippen LogP contribution in [0.4, 0.5) is 0 Å². The topological polar surface area (TPSA) is 50.1 Å². The molecule has 19 heavy (non-hydrogen) atoms. The van der Waals surface area contributed by atoms with Crippen molar-refractivity contribution in [2.75, 3.05) is 13.6 Å². The highest BCUT2D eigenvalue weighted by molar-refractivity contribution is 5.75. The lowest BCUT2D eigenvalue weighted by molar-refractivity contribution is 0.0594. The fraction of sp³-hybridized carbons (Fsp3) is 0.533. The van der Waals surface area contributed by atoms with Crippen LogP contribution in [0, 0.1) is 0 Å². The van der Waals surface area contributed by atoms with Gasteiger partial charge in [0.1, 0.15) is 5.82 Å². The predicted molar refractivity (Wildman–Crippen MR) is 78.3 cm³/mol. The number of aromatic nitrogens is 2. The number of aryl methyl sites for hydroxylation is 1. The van der Waals surface area contributed by atoms with E-state index in [9.17, 15) is 5.11 Å². The largest absolute Gasteiger partial charge is 0.388 e. The van der Waals surface area contributed by atoms with Crippen LogP contribution >= 0.6 is 0 Å². The molecule has 1 heterocycles. The number of benzene rings is 1. The number of hydrogen-bond acceptors (Lipinski definition) is 3. The van der Waals surface area contributed by atoms with E-state index in [0.717, 1.165) is 29.8 Å². The van der Waals surface area contributed by atoms with Crippen LogP contribution in [0.1, 0.15) is 26.1 Å². The minimum absolute atomic E-state index is 0.558. The number of para-hydroxylation sites is 2. The Morgan fingerprint density at radius 2 is 2.11 bits per heavy atom. The number of aliphatic hydroxyl groups is 1. The van der Waals surface area contributed by atoms with Gasteiger partial charge in [0.05, 0.1) is 16.6 Å². The summed E-state index contributed by atoms with van der Waals surface area (Å²) in [5, 5.41) is 13.4. The molecule has 0 aliphatic rings. The van der Waals surface area contributed by atoms with Crippen LogP contribution in [0.2, 0.25) is 0 Å². The maximum Gasteiger partial charge on any atom is 0.112 e. The van der Waals surface area contributed by atoms with Gasteiger partial charge in [0.25, 0.3) is 0 Å². The van der Waals surface area contributed by atoms with Crippen LogP contribution in [-0.4, -0.2) is 33.9 Å². The van der Waals surface area contributed by atoms with E-state index in [-0.39, 0.29) is 0 Å². The van der Waals surface area contributed by atoms with Gasteiger partial charge in [-0.2, -0.15) is 0 Å². The third-order valence-electron chi connectivity index (χ3n) is 3.28. The fourth-order valence-corrected chi connectivity index (χ4v) is 2.52. The van der Waals surface area contributed by atoms with Gasteiger partial charge in [0.15, 0.2) is 0 Å². The molecule has 0 spiro atoms. The number of rotatable bonds is 6. The second kappa shape index (κ2) is 5.72. The minimum Gasteiger partial charge on any atom is -0.388 e. The summed E-state index contributed by atoms with van der Waals surface area (Å²) < 4.78 is 2.22. The van der Waals surface area contributed by atoms with Gasteiger partial charge in [-0.15, -0.1) is 0 Å². The van der Waals surface area contributed by atoms with Crippen LogP contribution < -0.4 is 5.32 Å². The van der Waals surface area contributed by atoms with Crippen LogP contribution in [0.25, 0.3) is 11.0 Å². The SMILES string of the molecule is CCCn1c(CC(C)(O)CNC)nc2ccccc21. The first-order chi connectivity index (χ1) is 9.07. The molecule has 2 N–H and O–H groups in total. The number of likely N-dealkylation sites (N-methyl/N-ethyl adjacent to an activating group) is 1. The highest BCUT2D eigenvalue weighted by atomic mass is 16.3. The number of hydrogen-bond donors (Lipinski definition) is 2. The maximum absolute atomic E-state index is 10.4. The number of nitrogens with zero attached hydrogens (tertiary/aromatic N) is 2. The lowest BCUT2D eigenvalue weighted by Gasteiger charge is -2.23. The molecule has 0 amide bonds. The van der Waals surface area contributed by atoms with Gasteiger partial charge >= 0.3 is 0 Å². The van der Waals surface area contributed by atoms with Crippen LogP contribution in [0.15, 0.2) is 24.3 Å². The molecule has 0 bridgehead atoms. The van der Waals surface area contributed by atoms with Gasteiger partial charge in [0, 0.05) is 19.5 Å². The summed E-state index contributed by atoms with van der Waals surface area (Å²) >= 11 is 0. The van der Waals surface area contributed by atoms with E-state index in [1.807, 2.05) is 32.2 Å². The number of nitrogens with one attached hydrogen (secondary N) is 1. The zero-order chi connectivity index (χ0) is 13.9. The zero-order valence-corrected chi connectivity index (χ0v) is 12.0. The summed E-state index contributed by atoms with van der Waals surface area (Å²) in [7, 11) is 1.85. The van der Waals surface area contributed by atoms with Gasteiger partial charge in [0.2, 0.25) is 0 Å². The summed E-state index contributed by atoms with van der Waals surface area (Å²) in [6.45, 7) is 5.50. The lowest BCUT2D eigenvalue weighted by atomic mass is 10.0. The molecule has 0 fully saturated rings. The normalized spacial score (nSPS) is 14.7. The minimum atomic E-state index is -0.776. The summed E-state index contributed by atoms with van der Waals surface area (Å²) in [6, 6.07) is 8.15. The molecule has 2 rings (SSSR count). The van der Waals surface area contributed by atoms with Crippen LogP contribution in [0.3, 0.4) is 0 Å². The molecule has 0 aliphatic heterocycles. The van der Waals surface area contributed by atoms with Crippen molar-refractivity contribution < 1.29 is 5.11 Å². The van der Waals surface area contributed by atoms with E-state index >= 15 is 0 Å². The third kappa shape index (κ3) is 3.14. The molecule has 0 saturated heterocycles. The molecule has 0 saturated carbocycles. The van der Waals surface area contributed by atoms with Gasteiger partial charge < -0.3 is 15.0 Å². The van der Waals surface area contributed by atoms with Crippen molar-refractivity contribution in [3.05, 3.63) is 30.1 Å². The van der Waals surface area contributed by atoms with Crippen molar-refractivity contribution in [3.8, 4) is 0 Å². The third-order valence-corrected chi connectivity index (χ3v) is 3.28. The Balaban J connectivity index is 2.38. The molecule has 2 aromatic rings. The van der Waals surface area contributed by atoms with Gasteiger partial charge in [-0.3, -0.25) is 0 Å². The van der Waals surface area contributed by atoms with Crippen molar-refractivity contribution in [1.29, 1.82) is 0 Å². The average Bonchev–Trinajstić information content (AvgIpc) is 2.67. The molecule has 0 aliphatic carbocycles. The quantitative estimate of drug-likeness (QED) is 0.835. The Kier molecular flexibility index (Phi) is 4.22. The van der Waals surface area contributed by atoms with E-state index in [1.165, 1.54) is 0 Å². The molecule has 4 nitrogen and oxygen atoms in total. The van der Waals surface area contributed by atoms with Gasteiger partial charge in [-0.1, -0.05) is 19.1 Å². The molecule has 0 radical (unpaired) electrons. The highest BCUT2D eigenvalue weighted by Gasteiger charge is 2.23.